The highest BCUT2D eigenvalue weighted by molar-refractivity contribution is 5.56. The predicted octanol–water partition coefficient (Wildman–Crippen LogP) is 1.94. The summed E-state index contributed by atoms with van der Waals surface area (Å²) >= 11 is 0. The zero-order valence-corrected chi connectivity index (χ0v) is 11.9. The van der Waals surface area contributed by atoms with Crippen LogP contribution >= 0.6 is 0 Å². The molecule has 102 valence electrons. The minimum absolute atomic E-state index is 0.321. The summed E-state index contributed by atoms with van der Waals surface area (Å²) < 4.78 is 0. The van der Waals surface area contributed by atoms with Gasteiger partial charge in [0.15, 0.2) is 0 Å². The summed E-state index contributed by atoms with van der Waals surface area (Å²) in [5, 5.41) is 3.36. The second-order valence-corrected chi connectivity index (χ2v) is 4.63. The number of nitrogens with zero attached hydrogens (tertiary/aromatic N) is 3. The van der Waals surface area contributed by atoms with E-state index in [1.807, 2.05) is 0 Å². The summed E-state index contributed by atoms with van der Waals surface area (Å²) in [7, 11) is 0. The zero-order valence-electron chi connectivity index (χ0n) is 11.9. The van der Waals surface area contributed by atoms with E-state index >= 15 is 0 Å². The van der Waals surface area contributed by atoms with Crippen molar-refractivity contribution >= 4 is 11.6 Å². The van der Waals surface area contributed by atoms with E-state index in [0.717, 1.165) is 37.6 Å². The maximum atomic E-state index is 5.90. The van der Waals surface area contributed by atoms with Crippen LogP contribution in [0.2, 0.25) is 0 Å². The molecule has 0 aliphatic rings. The number of nitrogens with two attached hydrogens (primary N) is 1. The van der Waals surface area contributed by atoms with Crippen LogP contribution in [-0.2, 0) is 0 Å². The number of likely N-dealkylation sites (N-methyl/N-ethyl adjacent to an activating group) is 1. The summed E-state index contributed by atoms with van der Waals surface area (Å²) in [5.74, 6) is 1.76. The third-order valence-corrected chi connectivity index (χ3v) is 3.11. The number of aromatic nitrogens is 2. The van der Waals surface area contributed by atoms with Crippen LogP contribution in [0, 0.1) is 0 Å². The van der Waals surface area contributed by atoms with Gasteiger partial charge < -0.3 is 16.0 Å². The van der Waals surface area contributed by atoms with Gasteiger partial charge in [0.05, 0.1) is 0 Å². The van der Waals surface area contributed by atoms with Crippen molar-refractivity contribution in [3.05, 3.63) is 11.9 Å². The van der Waals surface area contributed by atoms with E-state index in [1.54, 1.807) is 0 Å². The van der Waals surface area contributed by atoms with Crippen molar-refractivity contribution < 1.29 is 0 Å². The normalized spacial score (nSPS) is 11.2. The molecular weight excluding hydrogens is 226 g/mol. The van der Waals surface area contributed by atoms with Crippen LogP contribution in [0.1, 0.15) is 39.2 Å². The van der Waals surface area contributed by atoms with Gasteiger partial charge in [-0.25, -0.2) is 9.97 Å². The molecule has 0 atom stereocenters. The number of nitrogen functional groups attached to an aromatic ring is 1. The van der Waals surface area contributed by atoms with Gasteiger partial charge in [-0.15, -0.1) is 0 Å². The second kappa shape index (κ2) is 7.16. The number of rotatable bonds is 7. The molecule has 0 aromatic carbocycles. The van der Waals surface area contributed by atoms with Crippen molar-refractivity contribution in [1.29, 1.82) is 0 Å². The summed E-state index contributed by atoms with van der Waals surface area (Å²) in [5.41, 5.74) is 6.92. The van der Waals surface area contributed by atoms with Crippen LogP contribution in [0.5, 0.6) is 0 Å². The van der Waals surface area contributed by atoms with Crippen molar-refractivity contribution in [1.82, 2.24) is 14.9 Å². The fourth-order valence-electron chi connectivity index (χ4n) is 1.99. The van der Waals surface area contributed by atoms with Crippen LogP contribution in [0.3, 0.4) is 0 Å². The Labute approximate surface area is 110 Å². The molecule has 5 heteroatoms. The van der Waals surface area contributed by atoms with Crippen molar-refractivity contribution in [2.24, 2.45) is 0 Å². The molecule has 0 amide bonds. The molecule has 0 radical (unpaired) electrons. The average molecular weight is 251 g/mol. The van der Waals surface area contributed by atoms with Gasteiger partial charge in [0.2, 0.25) is 0 Å². The van der Waals surface area contributed by atoms with E-state index in [2.05, 4.69) is 47.9 Å². The lowest BCUT2D eigenvalue weighted by Gasteiger charge is -2.19. The largest absolute Gasteiger partial charge is 0.383 e. The van der Waals surface area contributed by atoms with Gasteiger partial charge in [-0.2, -0.15) is 0 Å². The Balaban J connectivity index is 2.64. The Bertz CT molecular complexity index is 360. The molecule has 5 nitrogen and oxygen atoms in total. The molecule has 0 aliphatic heterocycles. The van der Waals surface area contributed by atoms with Crippen molar-refractivity contribution in [3.63, 3.8) is 0 Å². The minimum atomic E-state index is 0.321. The minimum Gasteiger partial charge on any atom is -0.383 e. The molecule has 1 aromatic heterocycles. The summed E-state index contributed by atoms with van der Waals surface area (Å²) in [6.07, 6.45) is 1.51. The van der Waals surface area contributed by atoms with E-state index in [4.69, 9.17) is 5.73 Å². The van der Waals surface area contributed by atoms with Crippen molar-refractivity contribution in [2.45, 2.75) is 33.6 Å². The summed E-state index contributed by atoms with van der Waals surface area (Å²) in [6.45, 7) is 12.6. The maximum Gasteiger partial charge on any atom is 0.135 e. The lowest BCUT2D eigenvalue weighted by Crippen LogP contribution is -2.29. The third kappa shape index (κ3) is 3.84. The molecule has 18 heavy (non-hydrogen) atoms. The van der Waals surface area contributed by atoms with Gasteiger partial charge >= 0.3 is 0 Å². The maximum absolute atomic E-state index is 5.90. The highest BCUT2D eigenvalue weighted by Crippen LogP contribution is 2.25. The van der Waals surface area contributed by atoms with Gasteiger partial charge in [-0.3, -0.25) is 0 Å². The first-order valence-corrected chi connectivity index (χ1v) is 6.66. The molecule has 1 aromatic rings. The Morgan fingerprint density at radius 2 is 1.94 bits per heavy atom. The molecule has 0 saturated heterocycles. The van der Waals surface area contributed by atoms with Gasteiger partial charge in [-0.05, 0) is 19.0 Å². The molecule has 0 unspecified atom stereocenters. The van der Waals surface area contributed by atoms with Crippen LogP contribution < -0.4 is 11.1 Å². The monoisotopic (exact) mass is 251 g/mol. The van der Waals surface area contributed by atoms with E-state index in [-0.39, 0.29) is 0 Å². The Kier molecular flexibility index (Phi) is 5.85. The van der Waals surface area contributed by atoms with Gasteiger partial charge in [0.1, 0.15) is 18.0 Å². The SMILES string of the molecule is CCN(CC)CCNc1ncnc(N)c1C(C)C. The van der Waals surface area contributed by atoms with E-state index < -0.39 is 0 Å². The number of hydrogen-bond donors (Lipinski definition) is 2. The molecule has 0 spiro atoms. The molecule has 0 fully saturated rings. The highest BCUT2D eigenvalue weighted by atomic mass is 15.1. The molecule has 0 saturated carbocycles. The summed E-state index contributed by atoms with van der Waals surface area (Å²) in [6, 6.07) is 0. The van der Waals surface area contributed by atoms with E-state index in [1.165, 1.54) is 6.33 Å². The fraction of sp³-hybridized carbons (Fsp3) is 0.692. The van der Waals surface area contributed by atoms with Gasteiger partial charge in [0.25, 0.3) is 0 Å². The van der Waals surface area contributed by atoms with Crippen LogP contribution in [0.25, 0.3) is 0 Å². The Morgan fingerprint density at radius 1 is 1.28 bits per heavy atom. The molecule has 1 heterocycles. The molecule has 3 N–H and O–H groups in total. The third-order valence-electron chi connectivity index (χ3n) is 3.11. The first-order chi connectivity index (χ1) is 8.60. The number of anilines is 2. The van der Waals surface area contributed by atoms with Crippen LogP contribution in [0.15, 0.2) is 6.33 Å². The topological polar surface area (TPSA) is 67.1 Å². The lowest BCUT2D eigenvalue weighted by atomic mass is 10.0. The number of nitrogens with one attached hydrogen (secondary N) is 1. The highest BCUT2D eigenvalue weighted by Gasteiger charge is 2.12. The molecule has 0 bridgehead atoms. The average Bonchev–Trinajstić information content (AvgIpc) is 2.34. The van der Waals surface area contributed by atoms with Crippen LogP contribution in [-0.4, -0.2) is 41.0 Å². The van der Waals surface area contributed by atoms with Gasteiger partial charge in [-0.1, -0.05) is 27.7 Å². The Hall–Kier alpha value is -1.36. The molecule has 0 aliphatic carbocycles. The van der Waals surface area contributed by atoms with E-state index in [0.29, 0.717) is 11.7 Å². The van der Waals surface area contributed by atoms with Crippen molar-refractivity contribution in [2.75, 3.05) is 37.2 Å². The zero-order chi connectivity index (χ0) is 13.5. The first kappa shape index (κ1) is 14.7. The summed E-state index contributed by atoms with van der Waals surface area (Å²) in [4.78, 5) is 10.7. The standard InChI is InChI=1S/C13H25N5/c1-5-18(6-2)8-7-15-13-11(10(3)4)12(14)16-9-17-13/h9-10H,5-8H2,1-4H3,(H3,14,15,16,17). The molecular formula is C13H25N5. The van der Waals surface area contributed by atoms with Gasteiger partial charge in [0, 0.05) is 18.7 Å². The Morgan fingerprint density at radius 3 is 2.50 bits per heavy atom. The fourth-order valence-corrected chi connectivity index (χ4v) is 1.99. The predicted molar refractivity (Wildman–Crippen MR) is 76.8 cm³/mol. The lowest BCUT2D eigenvalue weighted by molar-refractivity contribution is 0.316. The van der Waals surface area contributed by atoms with Crippen LogP contribution in [0.4, 0.5) is 11.6 Å². The van der Waals surface area contributed by atoms with E-state index in [9.17, 15) is 0 Å². The molecule has 1 rings (SSSR count). The number of hydrogen-bond acceptors (Lipinski definition) is 5. The second-order valence-electron chi connectivity index (χ2n) is 4.63. The quantitative estimate of drug-likeness (QED) is 0.775. The van der Waals surface area contributed by atoms with Crippen molar-refractivity contribution in [3.8, 4) is 0 Å². The first-order valence-electron chi connectivity index (χ1n) is 6.66. The smallest absolute Gasteiger partial charge is 0.135 e.